The molecule has 17 heavy (non-hydrogen) atoms. The van der Waals surface area contributed by atoms with Crippen LogP contribution in [-0.4, -0.2) is 23.9 Å². The second kappa shape index (κ2) is 6.63. The van der Waals surface area contributed by atoms with Crippen LogP contribution in [0.5, 0.6) is 0 Å². The summed E-state index contributed by atoms with van der Waals surface area (Å²) in [5.74, 6) is 0.0669. The normalized spacial score (nSPS) is 11.9. The van der Waals surface area contributed by atoms with E-state index in [1.54, 1.807) is 11.9 Å². The van der Waals surface area contributed by atoms with Gasteiger partial charge in [-0.05, 0) is 25.5 Å². The van der Waals surface area contributed by atoms with Crippen molar-refractivity contribution >= 4 is 28.8 Å². The van der Waals surface area contributed by atoms with Crippen LogP contribution in [0.15, 0.2) is 12.1 Å². The Bertz CT molecular complexity index is 424. The largest absolute Gasteiger partial charge is 0.342 e. The van der Waals surface area contributed by atoms with Crippen molar-refractivity contribution in [1.82, 2.24) is 4.90 Å². The van der Waals surface area contributed by atoms with Gasteiger partial charge in [0.2, 0.25) is 5.91 Å². The van der Waals surface area contributed by atoms with Crippen molar-refractivity contribution in [3.63, 3.8) is 0 Å². The molecular weight excluding hydrogens is 256 g/mol. The Morgan fingerprint density at radius 2 is 2.35 bits per heavy atom. The number of nitrogens with zero attached hydrogens (tertiary/aromatic N) is 2. The van der Waals surface area contributed by atoms with Gasteiger partial charge in [-0.2, -0.15) is 5.26 Å². The van der Waals surface area contributed by atoms with Gasteiger partial charge in [-0.3, -0.25) is 4.79 Å². The fourth-order valence-corrected chi connectivity index (χ4v) is 2.49. The van der Waals surface area contributed by atoms with Crippen LogP contribution in [0.4, 0.5) is 0 Å². The van der Waals surface area contributed by atoms with Crippen LogP contribution >= 0.6 is 22.9 Å². The van der Waals surface area contributed by atoms with Crippen LogP contribution in [0.2, 0.25) is 4.34 Å². The molecule has 0 spiro atoms. The van der Waals surface area contributed by atoms with Gasteiger partial charge in [0.25, 0.3) is 0 Å². The molecule has 3 nitrogen and oxygen atoms in total. The third kappa shape index (κ3) is 4.37. The van der Waals surface area contributed by atoms with Crippen LogP contribution in [0, 0.1) is 11.3 Å². The number of amides is 1. The van der Waals surface area contributed by atoms with E-state index in [1.165, 1.54) is 11.3 Å². The van der Waals surface area contributed by atoms with Crippen molar-refractivity contribution in [1.29, 1.82) is 5.26 Å². The van der Waals surface area contributed by atoms with E-state index >= 15 is 0 Å². The number of halogens is 1. The third-order valence-corrected chi connectivity index (χ3v) is 3.95. The minimum atomic E-state index is -0.0283. The lowest BCUT2D eigenvalue weighted by Crippen LogP contribution is -2.34. The number of thiophene rings is 1. The molecule has 5 heteroatoms. The Labute approximate surface area is 111 Å². The number of carbonyl (C=O) groups excluding carboxylic acids is 1. The van der Waals surface area contributed by atoms with E-state index in [9.17, 15) is 4.79 Å². The molecule has 0 aromatic carbocycles. The van der Waals surface area contributed by atoms with E-state index in [-0.39, 0.29) is 11.9 Å². The molecule has 1 atom stereocenters. The number of carbonyl (C=O) groups is 1. The zero-order valence-corrected chi connectivity index (χ0v) is 11.5. The summed E-state index contributed by atoms with van der Waals surface area (Å²) in [7, 11) is 1.74. The van der Waals surface area contributed by atoms with Gasteiger partial charge in [0, 0.05) is 24.4 Å². The summed E-state index contributed by atoms with van der Waals surface area (Å²) >= 11 is 7.32. The Hall–Kier alpha value is -1.05. The van der Waals surface area contributed by atoms with Gasteiger partial charge in [-0.25, -0.2) is 0 Å². The molecule has 0 saturated heterocycles. The lowest BCUT2D eigenvalue weighted by Gasteiger charge is -2.22. The Kier molecular flexibility index (Phi) is 5.46. The maximum Gasteiger partial charge on any atom is 0.222 e. The molecule has 1 aromatic heterocycles. The smallest absolute Gasteiger partial charge is 0.222 e. The van der Waals surface area contributed by atoms with E-state index in [4.69, 9.17) is 16.9 Å². The van der Waals surface area contributed by atoms with E-state index in [2.05, 4.69) is 6.07 Å². The van der Waals surface area contributed by atoms with Crippen molar-refractivity contribution in [2.45, 2.75) is 32.2 Å². The van der Waals surface area contributed by atoms with Gasteiger partial charge in [-0.1, -0.05) is 11.6 Å². The van der Waals surface area contributed by atoms with Crippen LogP contribution in [0.25, 0.3) is 0 Å². The Balaban J connectivity index is 2.42. The summed E-state index contributed by atoms with van der Waals surface area (Å²) in [6.07, 6.45) is 1.54. The van der Waals surface area contributed by atoms with Crippen molar-refractivity contribution in [2.24, 2.45) is 0 Å². The first kappa shape index (κ1) is 14.0. The summed E-state index contributed by atoms with van der Waals surface area (Å²) in [4.78, 5) is 14.6. The summed E-state index contributed by atoms with van der Waals surface area (Å²) in [6, 6.07) is 5.83. The fourth-order valence-electron chi connectivity index (χ4n) is 1.41. The molecule has 0 N–H and O–H groups in total. The monoisotopic (exact) mass is 270 g/mol. The van der Waals surface area contributed by atoms with E-state index < -0.39 is 0 Å². The maximum atomic E-state index is 11.8. The van der Waals surface area contributed by atoms with Gasteiger partial charge in [-0.15, -0.1) is 11.3 Å². The third-order valence-electron chi connectivity index (χ3n) is 2.66. The quantitative estimate of drug-likeness (QED) is 0.825. The van der Waals surface area contributed by atoms with Crippen LogP contribution in [0.1, 0.15) is 24.6 Å². The first-order valence-electron chi connectivity index (χ1n) is 5.41. The van der Waals surface area contributed by atoms with Crippen LogP contribution in [0.3, 0.4) is 0 Å². The van der Waals surface area contributed by atoms with Crippen LogP contribution < -0.4 is 0 Å². The first-order chi connectivity index (χ1) is 8.04. The molecule has 0 fully saturated rings. The standard InChI is InChI=1S/C12H15ClN2OS/c1-9(7-8-14)15(2)12(16)6-4-10-3-5-11(13)17-10/h3,5,9H,4,6-7H2,1-2H3. The summed E-state index contributed by atoms with van der Waals surface area (Å²) < 4.78 is 0.749. The zero-order chi connectivity index (χ0) is 12.8. The topological polar surface area (TPSA) is 44.1 Å². The fraction of sp³-hybridized carbons (Fsp3) is 0.500. The number of rotatable bonds is 5. The van der Waals surface area contributed by atoms with Gasteiger partial charge < -0.3 is 4.90 Å². The molecular formula is C12H15ClN2OS. The van der Waals surface area contributed by atoms with E-state index in [0.717, 1.165) is 9.21 Å². The van der Waals surface area contributed by atoms with Crippen molar-refractivity contribution in [3.05, 3.63) is 21.3 Å². The number of hydrogen-bond donors (Lipinski definition) is 0. The van der Waals surface area contributed by atoms with Crippen molar-refractivity contribution in [3.8, 4) is 6.07 Å². The molecule has 0 aliphatic heterocycles. The van der Waals surface area contributed by atoms with Gasteiger partial charge in [0.05, 0.1) is 16.8 Å². The Morgan fingerprint density at radius 1 is 1.65 bits per heavy atom. The maximum absolute atomic E-state index is 11.8. The predicted molar refractivity (Wildman–Crippen MR) is 70.1 cm³/mol. The minimum absolute atomic E-state index is 0.0283. The highest BCUT2D eigenvalue weighted by Gasteiger charge is 2.15. The van der Waals surface area contributed by atoms with Gasteiger partial charge >= 0.3 is 0 Å². The molecule has 1 unspecified atom stereocenters. The molecule has 92 valence electrons. The summed E-state index contributed by atoms with van der Waals surface area (Å²) in [5.41, 5.74) is 0. The highest BCUT2D eigenvalue weighted by molar-refractivity contribution is 7.16. The number of nitriles is 1. The Morgan fingerprint density at radius 3 is 2.88 bits per heavy atom. The zero-order valence-electron chi connectivity index (χ0n) is 9.94. The average molecular weight is 271 g/mol. The molecule has 0 aliphatic carbocycles. The van der Waals surface area contributed by atoms with E-state index in [0.29, 0.717) is 19.3 Å². The average Bonchev–Trinajstić information content (AvgIpc) is 2.71. The van der Waals surface area contributed by atoms with Crippen LogP contribution in [-0.2, 0) is 11.2 Å². The summed E-state index contributed by atoms with van der Waals surface area (Å²) in [5, 5.41) is 8.58. The molecule has 1 heterocycles. The molecule has 1 amide bonds. The first-order valence-corrected chi connectivity index (χ1v) is 6.61. The second-order valence-corrected chi connectivity index (χ2v) is 5.72. The highest BCUT2D eigenvalue weighted by atomic mass is 35.5. The molecule has 0 radical (unpaired) electrons. The molecule has 0 aliphatic rings. The predicted octanol–water partition coefficient (Wildman–Crippen LogP) is 3.09. The summed E-state index contributed by atoms with van der Waals surface area (Å²) in [6.45, 7) is 1.88. The van der Waals surface area contributed by atoms with Gasteiger partial charge in [0.15, 0.2) is 0 Å². The molecule has 0 bridgehead atoms. The van der Waals surface area contributed by atoms with E-state index in [1.807, 2.05) is 19.1 Å². The molecule has 0 saturated carbocycles. The lowest BCUT2D eigenvalue weighted by molar-refractivity contribution is -0.131. The number of aryl methyl sites for hydroxylation is 1. The second-order valence-electron chi connectivity index (χ2n) is 3.92. The highest BCUT2D eigenvalue weighted by Crippen LogP contribution is 2.22. The van der Waals surface area contributed by atoms with Crippen molar-refractivity contribution in [2.75, 3.05) is 7.05 Å². The number of hydrogen-bond acceptors (Lipinski definition) is 3. The lowest BCUT2D eigenvalue weighted by atomic mass is 10.2. The van der Waals surface area contributed by atoms with Crippen molar-refractivity contribution < 1.29 is 4.79 Å². The SMILES string of the molecule is CC(CC#N)N(C)C(=O)CCc1ccc(Cl)s1. The minimum Gasteiger partial charge on any atom is -0.342 e. The van der Waals surface area contributed by atoms with Gasteiger partial charge in [0.1, 0.15) is 0 Å². The molecule has 1 aromatic rings. The molecule has 1 rings (SSSR count).